The molecule has 3 aromatic rings. The summed E-state index contributed by atoms with van der Waals surface area (Å²) >= 11 is 0. The number of primary amides is 1. The summed E-state index contributed by atoms with van der Waals surface area (Å²) in [6.45, 7) is 6.25. The molecule has 1 saturated carbocycles. The van der Waals surface area contributed by atoms with Crippen LogP contribution in [0.5, 0.6) is 5.88 Å². The van der Waals surface area contributed by atoms with Crippen molar-refractivity contribution in [3.63, 3.8) is 0 Å². The molecule has 3 aromatic heterocycles. The monoisotopic (exact) mass is 414 g/mol. The van der Waals surface area contributed by atoms with Gasteiger partial charge in [0.1, 0.15) is 5.69 Å². The first kappa shape index (κ1) is 19.7. The molecule has 0 atom stereocenters. The van der Waals surface area contributed by atoms with Gasteiger partial charge < -0.3 is 16.2 Å². The van der Waals surface area contributed by atoms with E-state index in [1.165, 1.54) is 15.3 Å². The van der Waals surface area contributed by atoms with Crippen molar-refractivity contribution in [2.75, 3.05) is 0 Å². The van der Waals surface area contributed by atoms with Crippen molar-refractivity contribution in [3.05, 3.63) is 33.9 Å². The Bertz CT molecular complexity index is 1220. The maximum Gasteiger partial charge on any atom is 0.378 e. The van der Waals surface area contributed by atoms with Gasteiger partial charge in [0.2, 0.25) is 5.56 Å². The minimum atomic E-state index is -0.705. The third-order valence-electron chi connectivity index (χ3n) is 4.86. The van der Waals surface area contributed by atoms with Crippen molar-refractivity contribution in [1.29, 1.82) is 0 Å². The van der Waals surface area contributed by atoms with Gasteiger partial charge in [-0.15, -0.1) is 0 Å². The van der Waals surface area contributed by atoms with Gasteiger partial charge in [-0.3, -0.25) is 14.7 Å². The molecule has 4 rings (SSSR count). The Morgan fingerprint density at radius 3 is 2.70 bits per heavy atom. The number of aromatic hydroxyl groups is 1. The second-order valence-corrected chi connectivity index (χ2v) is 8.78. The second kappa shape index (κ2) is 6.71. The molecule has 0 radical (unpaired) electrons. The van der Waals surface area contributed by atoms with Gasteiger partial charge >= 0.3 is 17.1 Å². The lowest BCUT2D eigenvalue weighted by molar-refractivity contribution is -0.692. The lowest BCUT2D eigenvalue weighted by Crippen LogP contribution is -2.47. The summed E-state index contributed by atoms with van der Waals surface area (Å²) in [7, 11) is 0. The van der Waals surface area contributed by atoms with Crippen molar-refractivity contribution >= 4 is 17.5 Å². The van der Waals surface area contributed by atoms with Crippen LogP contribution in [0.1, 0.15) is 54.5 Å². The molecular formula is C19H24N7O4+. The van der Waals surface area contributed by atoms with E-state index in [2.05, 4.69) is 20.6 Å². The highest BCUT2D eigenvalue weighted by atomic mass is 16.3. The van der Waals surface area contributed by atoms with E-state index in [1.54, 1.807) is 6.07 Å². The summed E-state index contributed by atoms with van der Waals surface area (Å²) < 4.78 is 2.69. The van der Waals surface area contributed by atoms with E-state index in [0.29, 0.717) is 23.4 Å². The summed E-state index contributed by atoms with van der Waals surface area (Å²) in [6.07, 6.45) is 3.10. The van der Waals surface area contributed by atoms with Crippen LogP contribution in [0.4, 0.5) is 0 Å². The average Bonchev–Trinajstić information content (AvgIpc) is 3.16. The average molecular weight is 414 g/mol. The van der Waals surface area contributed by atoms with Crippen molar-refractivity contribution in [2.45, 2.75) is 46.2 Å². The molecule has 1 fully saturated rings. The van der Waals surface area contributed by atoms with Gasteiger partial charge in [-0.2, -0.15) is 9.67 Å². The van der Waals surface area contributed by atoms with Crippen molar-refractivity contribution in [1.82, 2.24) is 25.1 Å². The number of amides is 2. The SMILES string of the molecule is CC(C)(C)C[n+]1c(O)c(C(=O)NC2CC2)c(=O)n2[nH]c(-c3cn[nH]c3C(N)=O)cc21. The summed E-state index contributed by atoms with van der Waals surface area (Å²) in [5, 5.41) is 22.9. The summed E-state index contributed by atoms with van der Waals surface area (Å²) in [4.78, 5) is 37.5. The van der Waals surface area contributed by atoms with Gasteiger partial charge in [-0.25, -0.2) is 9.89 Å². The standard InChI is InChI=1S/C19H23N7O4/c1-19(2,3)8-25-12-6-11(10-7-21-23-14(10)15(20)27)24-26(12)18(30)13(17(25)29)16(28)22-9-4-5-9/h6-7,9H,4-5,8H2,1-3H3,(H5,20,21,22,23,24,27,28,29,30)/p+1. The lowest BCUT2D eigenvalue weighted by Gasteiger charge is -2.17. The molecule has 0 saturated heterocycles. The largest absolute Gasteiger partial charge is 0.477 e. The molecule has 0 unspecified atom stereocenters. The summed E-state index contributed by atoms with van der Waals surface area (Å²) in [6, 6.07) is 1.63. The highest BCUT2D eigenvalue weighted by molar-refractivity contribution is 5.98. The highest BCUT2D eigenvalue weighted by Gasteiger charge is 2.35. The molecule has 11 heteroatoms. The smallest absolute Gasteiger partial charge is 0.378 e. The molecule has 158 valence electrons. The molecule has 30 heavy (non-hydrogen) atoms. The van der Waals surface area contributed by atoms with Crippen molar-refractivity contribution in [3.8, 4) is 17.1 Å². The van der Waals surface area contributed by atoms with Crippen LogP contribution in [0, 0.1) is 5.41 Å². The van der Waals surface area contributed by atoms with Gasteiger partial charge in [0.15, 0.2) is 0 Å². The molecule has 0 spiro atoms. The number of nitrogens with two attached hydrogens (primary N) is 1. The van der Waals surface area contributed by atoms with E-state index in [-0.39, 0.29) is 22.7 Å². The van der Waals surface area contributed by atoms with Crippen molar-refractivity contribution in [2.24, 2.45) is 11.1 Å². The number of carbonyl (C=O) groups is 2. The maximum atomic E-state index is 13.1. The van der Waals surface area contributed by atoms with E-state index >= 15 is 0 Å². The Morgan fingerprint density at radius 1 is 1.40 bits per heavy atom. The molecule has 0 bridgehead atoms. The molecule has 2 amide bonds. The van der Waals surface area contributed by atoms with E-state index < -0.39 is 23.3 Å². The van der Waals surface area contributed by atoms with Gasteiger partial charge in [0.25, 0.3) is 11.8 Å². The van der Waals surface area contributed by atoms with Crippen LogP contribution in [0.25, 0.3) is 16.9 Å². The number of aromatic amines is 2. The molecule has 3 heterocycles. The third-order valence-corrected chi connectivity index (χ3v) is 4.86. The van der Waals surface area contributed by atoms with Gasteiger partial charge in [0, 0.05) is 6.04 Å². The minimum Gasteiger partial charge on any atom is -0.477 e. The first-order valence-electron chi connectivity index (χ1n) is 9.62. The number of carbonyl (C=O) groups excluding carboxylic acids is 2. The topological polar surface area (TPSA) is 162 Å². The number of H-pyrrole nitrogens is 2. The zero-order chi connectivity index (χ0) is 21.8. The number of nitrogens with one attached hydrogen (secondary N) is 3. The quantitative estimate of drug-likeness (QED) is 0.372. The number of hydrogen-bond donors (Lipinski definition) is 5. The zero-order valence-corrected chi connectivity index (χ0v) is 16.9. The van der Waals surface area contributed by atoms with E-state index in [0.717, 1.165) is 12.8 Å². The lowest BCUT2D eigenvalue weighted by atomic mass is 9.96. The van der Waals surface area contributed by atoms with E-state index in [9.17, 15) is 19.5 Å². The Morgan fingerprint density at radius 2 is 2.10 bits per heavy atom. The second-order valence-electron chi connectivity index (χ2n) is 8.78. The fourth-order valence-corrected chi connectivity index (χ4v) is 3.34. The van der Waals surface area contributed by atoms with Crippen LogP contribution in [-0.4, -0.2) is 42.8 Å². The van der Waals surface area contributed by atoms with Gasteiger partial charge in [-0.1, -0.05) is 25.3 Å². The van der Waals surface area contributed by atoms with E-state index in [4.69, 9.17) is 5.73 Å². The summed E-state index contributed by atoms with van der Waals surface area (Å²) in [5.74, 6) is -1.72. The molecule has 6 N–H and O–H groups in total. The minimum absolute atomic E-state index is 0.0244. The number of fused-ring (bicyclic) bond motifs is 1. The van der Waals surface area contributed by atoms with Gasteiger partial charge in [0.05, 0.1) is 30.1 Å². The van der Waals surface area contributed by atoms with Crippen LogP contribution in [0.15, 0.2) is 17.1 Å². The predicted octanol–water partition coefficient (Wildman–Crippen LogP) is 0.0480. The van der Waals surface area contributed by atoms with Crippen LogP contribution >= 0.6 is 0 Å². The Balaban J connectivity index is 1.96. The number of nitrogens with zero attached hydrogens (tertiary/aromatic N) is 3. The van der Waals surface area contributed by atoms with Crippen molar-refractivity contribution < 1.29 is 19.3 Å². The molecule has 0 aliphatic heterocycles. The highest BCUT2D eigenvalue weighted by Crippen LogP contribution is 2.24. The van der Waals surface area contributed by atoms with Crippen LogP contribution in [0.3, 0.4) is 0 Å². The molecule has 0 aromatic carbocycles. The fourth-order valence-electron chi connectivity index (χ4n) is 3.34. The first-order chi connectivity index (χ1) is 14.1. The first-order valence-corrected chi connectivity index (χ1v) is 9.62. The molecular weight excluding hydrogens is 390 g/mol. The van der Waals surface area contributed by atoms with Gasteiger partial charge in [-0.05, 0) is 18.3 Å². The third kappa shape index (κ3) is 3.42. The van der Waals surface area contributed by atoms with E-state index in [1.807, 2.05) is 20.8 Å². The number of aromatic nitrogens is 5. The Kier molecular flexibility index (Phi) is 4.40. The molecule has 1 aliphatic carbocycles. The van der Waals surface area contributed by atoms with Crippen LogP contribution in [-0.2, 0) is 6.54 Å². The van der Waals surface area contributed by atoms with Crippen LogP contribution < -0.4 is 21.2 Å². The molecule has 1 aliphatic rings. The summed E-state index contributed by atoms with van der Waals surface area (Å²) in [5.41, 5.74) is 5.26. The maximum absolute atomic E-state index is 13.1. The zero-order valence-electron chi connectivity index (χ0n) is 16.9. The fraction of sp³-hybridized carbons (Fsp3) is 0.421. The normalized spacial score (nSPS) is 14.2. The predicted molar refractivity (Wildman–Crippen MR) is 106 cm³/mol. The Labute approximate surface area is 170 Å². The Hall–Kier alpha value is -3.63. The number of hydrogen-bond acceptors (Lipinski definition) is 5. The molecule has 11 nitrogen and oxygen atoms in total. The number of rotatable bonds is 5. The van der Waals surface area contributed by atoms with Crippen LogP contribution in [0.2, 0.25) is 0 Å².